The average Bonchev–Trinajstić information content (AvgIpc) is 2.65. The van der Waals surface area contributed by atoms with Gasteiger partial charge in [-0.25, -0.2) is 5.84 Å². The summed E-state index contributed by atoms with van der Waals surface area (Å²) in [4.78, 5) is 0. The van der Waals surface area contributed by atoms with Gasteiger partial charge in [0.2, 0.25) is 5.88 Å². The highest BCUT2D eigenvalue weighted by atomic mass is 79.9. The summed E-state index contributed by atoms with van der Waals surface area (Å²) in [5.41, 5.74) is 2.03. The van der Waals surface area contributed by atoms with E-state index in [-0.39, 0.29) is 12.1 Å². The minimum Gasteiger partial charge on any atom is -0.490 e. The van der Waals surface area contributed by atoms with Gasteiger partial charge in [0.15, 0.2) is 5.82 Å². The number of nitrogens with zero attached hydrogens (tertiary/aromatic N) is 2. The van der Waals surface area contributed by atoms with Gasteiger partial charge in [-0.1, -0.05) is 12.1 Å². The molecule has 1 unspecified atom stereocenters. The molecule has 1 atom stereocenters. The number of aliphatic hydroxyl groups is 1. The number of aliphatic hydroxyl groups excluding tert-OH is 1. The first kappa shape index (κ1) is 20.4. The molecule has 142 valence electrons. The Morgan fingerprint density at radius 3 is 2.62 bits per heavy atom. The summed E-state index contributed by atoms with van der Waals surface area (Å²) >= 11 is 3.41. The highest BCUT2D eigenvalue weighted by Crippen LogP contribution is 2.23. The molecule has 0 spiro atoms. The molecule has 0 saturated carbocycles. The number of hydrazine groups is 1. The predicted octanol–water partition coefficient (Wildman–Crippen LogP) is 1.71. The maximum absolute atomic E-state index is 10.1. The molecule has 9 heteroatoms. The molecule has 0 aliphatic carbocycles. The second-order valence-electron chi connectivity index (χ2n) is 6.35. The highest BCUT2D eigenvalue weighted by Gasteiger charge is 2.20. The lowest BCUT2D eigenvalue weighted by atomic mass is 10.1. The zero-order valence-corrected chi connectivity index (χ0v) is 16.4. The van der Waals surface area contributed by atoms with Gasteiger partial charge >= 0.3 is 0 Å². The van der Waals surface area contributed by atoms with Crippen molar-refractivity contribution in [2.75, 3.05) is 25.2 Å². The molecule has 1 aromatic heterocycles. The van der Waals surface area contributed by atoms with Gasteiger partial charge in [0, 0.05) is 18.2 Å². The van der Waals surface area contributed by atoms with Crippen LogP contribution in [0.4, 0.5) is 5.82 Å². The molecule has 2 aromatic rings. The van der Waals surface area contributed by atoms with Crippen LogP contribution in [0.15, 0.2) is 40.9 Å². The molecular formula is C17H24BrN5O3. The van der Waals surface area contributed by atoms with Crippen LogP contribution in [0.1, 0.15) is 13.8 Å². The van der Waals surface area contributed by atoms with E-state index in [0.717, 1.165) is 4.47 Å². The number of ether oxygens (including phenoxy) is 2. The van der Waals surface area contributed by atoms with E-state index in [1.807, 2.05) is 38.1 Å². The van der Waals surface area contributed by atoms with Crippen LogP contribution in [0.3, 0.4) is 0 Å². The van der Waals surface area contributed by atoms with Gasteiger partial charge in [0.25, 0.3) is 0 Å². The third kappa shape index (κ3) is 6.75. The average molecular weight is 426 g/mol. The van der Waals surface area contributed by atoms with Crippen molar-refractivity contribution in [3.63, 3.8) is 0 Å². The summed E-state index contributed by atoms with van der Waals surface area (Å²) in [7, 11) is 0. The summed E-state index contributed by atoms with van der Waals surface area (Å²) in [6, 6.07) is 10.9. The maximum Gasteiger partial charge on any atom is 0.233 e. The second kappa shape index (κ2) is 9.67. The van der Waals surface area contributed by atoms with Gasteiger partial charge in [-0.05, 0) is 48.0 Å². The van der Waals surface area contributed by atoms with Crippen LogP contribution in [-0.4, -0.2) is 46.7 Å². The highest BCUT2D eigenvalue weighted by molar-refractivity contribution is 9.10. The molecule has 0 fully saturated rings. The Kier molecular flexibility index (Phi) is 7.58. The van der Waals surface area contributed by atoms with E-state index in [4.69, 9.17) is 15.3 Å². The fourth-order valence-electron chi connectivity index (χ4n) is 1.98. The number of nitrogens with two attached hydrogens (primary N) is 1. The Morgan fingerprint density at radius 1 is 1.19 bits per heavy atom. The van der Waals surface area contributed by atoms with Crippen molar-refractivity contribution in [3.8, 4) is 11.6 Å². The first-order valence-electron chi connectivity index (χ1n) is 8.13. The quantitative estimate of drug-likeness (QED) is 0.336. The Morgan fingerprint density at radius 2 is 1.96 bits per heavy atom. The van der Waals surface area contributed by atoms with Crippen molar-refractivity contribution in [2.24, 2.45) is 5.84 Å². The van der Waals surface area contributed by atoms with E-state index in [2.05, 4.69) is 36.9 Å². The van der Waals surface area contributed by atoms with Crippen molar-refractivity contribution < 1.29 is 14.6 Å². The molecule has 0 aliphatic heterocycles. The zero-order valence-electron chi connectivity index (χ0n) is 14.8. The molecule has 2 rings (SSSR count). The fraction of sp³-hybridized carbons (Fsp3) is 0.412. The number of nitrogens with one attached hydrogen (secondary N) is 2. The van der Waals surface area contributed by atoms with Gasteiger partial charge in [-0.3, -0.25) is 0 Å². The Balaban J connectivity index is 1.72. The van der Waals surface area contributed by atoms with E-state index >= 15 is 0 Å². The molecular weight excluding hydrogens is 402 g/mol. The van der Waals surface area contributed by atoms with E-state index in [0.29, 0.717) is 30.6 Å². The van der Waals surface area contributed by atoms with Crippen molar-refractivity contribution in [1.82, 2.24) is 15.5 Å². The van der Waals surface area contributed by atoms with Gasteiger partial charge in [0.1, 0.15) is 25.1 Å². The van der Waals surface area contributed by atoms with Crippen molar-refractivity contribution in [3.05, 3.63) is 40.9 Å². The van der Waals surface area contributed by atoms with Gasteiger partial charge in [0.05, 0.1) is 4.47 Å². The molecule has 5 N–H and O–H groups in total. The van der Waals surface area contributed by atoms with Crippen LogP contribution < -0.4 is 26.1 Å². The van der Waals surface area contributed by atoms with E-state index in [1.165, 1.54) is 0 Å². The molecule has 26 heavy (non-hydrogen) atoms. The Hall–Kier alpha value is -1.94. The number of aromatic nitrogens is 2. The summed E-state index contributed by atoms with van der Waals surface area (Å²) in [5, 5.41) is 21.1. The molecule has 0 saturated heterocycles. The molecule has 1 heterocycles. The number of nitrogen functional groups attached to an aromatic ring is 1. The summed E-state index contributed by atoms with van der Waals surface area (Å²) in [5.74, 6) is 6.80. The standard InChI is InChI=1S/C17H24BrN5O3/c1-17(2,11-26-16-8-7-15(21-19)22-23-16)20-9-12(24)10-25-14-6-4-3-5-13(14)18/h3-8,12,20,24H,9-11,19H2,1-2H3,(H,21,22). The van der Waals surface area contributed by atoms with E-state index in [9.17, 15) is 5.11 Å². The number of benzene rings is 1. The third-order valence-electron chi connectivity index (χ3n) is 3.45. The summed E-state index contributed by atoms with van der Waals surface area (Å²) < 4.78 is 12.1. The number of halogens is 1. The number of rotatable bonds is 10. The van der Waals surface area contributed by atoms with Crippen molar-refractivity contribution in [1.29, 1.82) is 0 Å². The lowest BCUT2D eigenvalue weighted by Gasteiger charge is -2.27. The van der Waals surface area contributed by atoms with Gasteiger partial charge < -0.3 is 25.3 Å². The van der Waals surface area contributed by atoms with Gasteiger partial charge in [-0.2, -0.15) is 0 Å². The molecule has 8 nitrogen and oxygen atoms in total. The Labute approximate surface area is 161 Å². The lowest BCUT2D eigenvalue weighted by molar-refractivity contribution is 0.0920. The van der Waals surface area contributed by atoms with Crippen LogP contribution in [0.25, 0.3) is 0 Å². The van der Waals surface area contributed by atoms with Crippen LogP contribution in [0.5, 0.6) is 11.6 Å². The fourth-order valence-corrected chi connectivity index (χ4v) is 2.38. The normalized spacial score (nSPS) is 12.5. The maximum atomic E-state index is 10.1. The van der Waals surface area contributed by atoms with Crippen LogP contribution in [0.2, 0.25) is 0 Å². The minimum atomic E-state index is -0.656. The molecule has 1 aromatic carbocycles. The van der Waals surface area contributed by atoms with Crippen LogP contribution in [0, 0.1) is 0 Å². The topological polar surface area (TPSA) is 115 Å². The van der Waals surface area contributed by atoms with E-state index in [1.54, 1.807) is 12.1 Å². The molecule has 0 amide bonds. The molecule has 0 radical (unpaired) electrons. The van der Waals surface area contributed by atoms with E-state index < -0.39 is 6.10 Å². The van der Waals surface area contributed by atoms with Crippen molar-refractivity contribution >= 4 is 21.7 Å². The number of β-amino-alcohol motifs (C(OH)–C–C–N with tert-alkyl or cyclic N) is 1. The first-order valence-corrected chi connectivity index (χ1v) is 8.92. The monoisotopic (exact) mass is 425 g/mol. The number of anilines is 1. The Bertz CT molecular complexity index is 684. The summed E-state index contributed by atoms with van der Waals surface area (Å²) in [6.45, 7) is 4.85. The molecule has 0 aliphatic rings. The molecule has 0 bridgehead atoms. The summed E-state index contributed by atoms with van der Waals surface area (Å²) in [6.07, 6.45) is -0.656. The number of hydrogen-bond acceptors (Lipinski definition) is 8. The first-order chi connectivity index (χ1) is 12.4. The largest absolute Gasteiger partial charge is 0.490 e. The smallest absolute Gasteiger partial charge is 0.233 e. The lowest BCUT2D eigenvalue weighted by Crippen LogP contribution is -2.48. The zero-order chi connectivity index (χ0) is 19.0. The SMILES string of the molecule is CC(C)(COc1ccc(NN)nn1)NCC(O)COc1ccccc1Br. The number of para-hydroxylation sites is 1. The predicted molar refractivity (Wildman–Crippen MR) is 103 cm³/mol. The number of hydrogen-bond donors (Lipinski definition) is 4. The third-order valence-corrected chi connectivity index (χ3v) is 4.11. The van der Waals surface area contributed by atoms with Crippen LogP contribution >= 0.6 is 15.9 Å². The van der Waals surface area contributed by atoms with Gasteiger partial charge in [-0.15, -0.1) is 10.2 Å². The minimum absolute atomic E-state index is 0.186. The van der Waals surface area contributed by atoms with Crippen molar-refractivity contribution in [2.45, 2.75) is 25.5 Å². The van der Waals surface area contributed by atoms with Crippen LogP contribution in [-0.2, 0) is 0 Å². The second-order valence-corrected chi connectivity index (χ2v) is 7.20.